The van der Waals surface area contributed by atoms with Gasteiger partial charge in [0.2, 0.25) is 0 Å². The molecule has 4 aromatic rings. The molecular weight excluding hydrogens is 420 g/mol. The molecule has 33 heavy (non-hydrogen) atoms. The first-order valence-corrected chi connectivity index (χ1v) is 10.6. The fraction of sp³-hybridized carbons (Fsp3) is 0.292. The van der Waals surface area contributed by atoms with E-state index < -0.39 is 0 Å². The molecule has 4 rings (SSSR count). The molecule has 1 N–H and O–H groups in total. The van der Waals surface area contributed by atoms with E-state index >= 15 is 0 Å². The van der Waals surface area contributed by atoms with Crippen molar-refractivity contribution in [3.05, 3.63) is 77.1 Å². The lowest BCUT2D eigenvalue weighted by atomic mass is 9.92. The van der Waals surface area contributed by atoms with E-state index in [0.29, 0.717) is 35.4 Å². The first-order chi connectivity index (χ1) is 15.7. The minimum atomic E-state index is -0.296. The molecule has 3 aromatic heterocycles. The van der Waals surface area contributed by atoms with Gasteiger partial charge >= 0.3 is 0 Å². The minimum absolute atomic E-state index is 0.217. The molecule has 1 aromatic carbocycles. The van der Waals surface area contributed by atoms with Gasteiger partial charge in [0, 0.05) is 29.4 Å². The highest BCUT2D eigenvalue weighted by molar-refractivity contribution is 6.04. The lowest BCUT2D eigenvalue weighted by Crippen LogP contribution is -2.16. The van der Waals surface area contributed by atoms with Crippen molar-refractivity contribution in [1.82, 2.24) is 24.9 Å². The van der Waals surface area contributed by atoms with E-state index in [2.05, 4.69) is 46.3 Å². The van der Waals surface area contributed by atoms with Crippen molar-refractivity contribution < 1.29 is 14.1 Å². The summed E-state index contributed by atoms with van der Waals surface area (Å²) in [4.78, 5) is 21.6. The van der Waals surface area contributed by atoms with E-state index in [1.165, 1.54) is 4.68 Å². The van der Waals surface area contributed by atoms with E-state index in [1.54, 1.807) is 42.7 Å². The third kappa shape index (κ3) is 4.92. The van der Waals surface area contributed by atoms with Crippen molar-refractivity contribution in [2.75, 3.05) is 5.32 Å². The largest absolute Gasteiger partial charge is 0.489 e. The van der Waals surface area contributed by atoms with E-state index in [0.717, 1.165) is 17.0 Å². The lowest BCUT2D eigenvalue weighted by molar-refractivity contribution is 0.102. The first kappa shape index (κ1) is 22.2. The Balaban J connectivity index is 1.56. The monoisotopic (exact) mass is 446 g/mol. The number of amides is 1. The number of carbonyl (C=O) groups excluding carboxylic acids is 1. The molecule has 0 atom stereocenters. The summed E-state index contributed by atoms with van der Waals surface area (Å²) in [5.41, 5.74) is 2.72. The zero-order chi connectivity index (χ0) is 23.6. The maximum Gasteiger partial charge on any atom is 0.256 e. The Bertz CT molecular complexity index is 1250. The predicted molar refractivity (Wildman–Crippen MR) is 123 cm³/mol. The van der Waals surface area contributed by atoms with Gasteiger partial charge in [-0.15, -0.1) is 0 Å². The Labute approximate surface area is 191 Å². The molecule has 9 heteroatoms. The molecule has 0 aliphatic carbocycles. The molecule has 9 nitrogen and oxygen atoms in total. The standard InChI is InChI=1S/C24H26N6O3/c1-15-19(16(2)33-29-15)14-32-18-9-6-8-17(12-18)22(31)27-21-13-20(24(3,4)5)28-30(21)23-25-10-7-11-26-23/h6-13H,14H2,1-5H3,(H,27,31). The fourth-order valence-electron chi connectivity index (χ4n) is 3.17. The Kier molecular flexibility index (Phi) is 5.95. The summed E-state index contributed by atoms with van der Waals surface area (Å²) >= 11 is 0. The zero-order valence-electron chi connectivity index (χ0n) is 19.3. The van der Waals surface area contributed by atoms with E-state index in [4.69, 9.17) is 9.26 Å². The normalized spacial score (nSPS) is 11.4. The van der Waals surface area contributed by atoms with Gasteiger partial charge in [0.15, 0.2) is 0 Å². The van der Waals surface area contributed by atoms with Crippen molar-refractivity contribution in [1.29, 1.82) is 0 Å². The fourth-order valence-corrected chi connectivity index (χ4v) is 3.17. The number of aromatic nitrogens is 5. The molecule has 0 saturated heterocycles. The van der Waals surface area contributed by atoms with Crippen LogP contribution in [0.15, 0.2) is 53.3 Å². The van der Waals surface area contributed by atoms with Gasteiger partial charge in [0.25, 0.3) is 11.9 Å². The van der Waals surface area contributed by atoms with Crippen LogP contribution in [0.2, 0.25) is 0 Å². The number of ether oxygens (including phenoxy) is 1. The molecule has 0 fully saturated rings. The van der Waals surface area contributed by atoms with Gasteiger partial charge in [-0.05, 0) is 38.1 Å². The number of nitrogens with one attached hydrogen (secondary N) is 1. The van der Waals surface area contributed by atoms with E-state index in [-0.39, 0.29) is 11.3 Å². The molecule has 0 spiro atoms. The quantitative estimate of drug-likeness (QED) is 0.468. The van der Waals surface area contributed by atoms with Crippen LogP contribution in [0.4, 0.5) is 5.82 Å². The van der Waals surface area contributed by atoms with Crippen LogP contribution in [-0.2, 0) is 12.0 Å². The highest BCUT2D eigenvalue weighted by Crippen LogP contribution is 2.26. The molecule has 0 bridgehead atoms. The van der Waals surface area contributed by atoms with Crippen LogP contribution < -0.4 is 10.1 Å². The second-order valence-electron chi connectivity index (χ2n) is 8.70. The summed E-state index contributed by atoms with van der Waals surface area (Å²) in [6.45, 7) is 10.2. The van der Waals surface area contributed by atoms with Gasteiger partial charge in [-0.3, -0.25) is 4.79 Å². The highest BCUT2D eigenvalue weighted by atomic mass is 16.5. The molecule has 170 valence electrons. The maximum atomic E-state index is 13.1. The molecule has 0 saturated carbocycles. The van der Waals surface area contributed by atoms with Gasteiger partial charge in [-0.2, -0.15) is 9.78 Å². The van der Waals surface area contributed by atoms with Crippen LogP contribution in [0.5, 0.6) is 5.75 Å². The number of nitrogens with zero attached hydrogens (tertiary/aromatic N) is 5. The summed E-state index contributed by atoms with van der Waals surface area (Å²) in [5.74, 6) is 1.85. The SMILES string of the molecule is Cc1noc(C)c1COc1cccc(C(=O)Nc2cc(C(C)(C)C)nn2-c2ncccn2)c1. The summed E-state index contributed by atoms with van der Waals surface area (Å²) < 4.78 is 12.6. The van der Waals surface area contributed by atoms with Crippen molar-refractivity contribution in [2.24, 2.45) is 0 Å². The number of carbonyl (C=O) groups is 1. The summed E-state index contributed by atoms with van der Waals surface area (Å²) in [7, 11) is 0. The van der Waals surface area contributed by atoms with Crippen molar-refractivity contribution in [3.8, 4) is 11.7 Å². The number of rotatable bonds is 6. The molecule has 3 heterocycles. The van der Waals surface area contributed by atoms with Crippen LogP contribution in [0.1, 0.15) is 53.8 Å². The van der Waals surface area contributed by atoms with Gasteiger partial charge in [0.1, 0.15) is 23.9 Å². The number of anilines is 1. The van der Waals surface area contributed by atoms with Crippen molar-refractivity contribution >= 4 is 11.7 Å². The summed E-state index contributed by atoms with van der Waals surface area (Å²) in [6, 6.07) is 10.6. The molecule has 0 aliphatic rings. The highest BCUT2D eigenvalue weighted by Gasteiger charge is 2.22. The van der Waals surface area contributed by atoms with Crippen LogP contribution >= 0.6 is 0 Å². The van der Waals surface area contributed by atoms with Gasteiger partial charge in [0.05, 0.1) is 17.0 Å². The number of hydrogen-bond acceptors (Lipinski definition) is 7. The smallest absolute Gasteiger partial charge is 0.256 e. The average molecular weight is 447 g/mol. The van der Waals surface area contributed by atoms with E-state index in [9.17, 15) is 4.79 Å². The molecular formula is C24H26N6O3. The molecule has 0 radical (unpaired) electrons. The van der Waals surface area contributed by atoms with Gasteiger partial charge in [-0.1, -0.05) is 32.0 Å². The van der Waals surface area contributed by atoms with Gasteiger partial charge < -0.3 is 14.6 Å². The van der Waals surface area contributed by atoms with Crippen LogP contribution in [0.3, 0.4) is 0 Å². The minimum Gasteiger partial charge on any atom is -0.489 e. The van der Waals surface area contributed by atoms with Crippen molar-refractivity contribution in [2.45, 2.75) is 46.6 Å². The average Bonchev–Trinajstić information content (AvgIpc) is 3.36. The third-order valence-electron chi connectivity index (χ3n) is 5.12. The third-order valence-corrected chi connectivity index (χ3v) is 5.12. The number of aryl methyl sites for hydroxylation is 2. The Morgan fingerprint density at radius 1 is 1.12 bits per heavy atom. The zero-order valence-corrected chi connectivity index (χ0v) is 19.3. The lowest BCUT2D eigenvalue weighted by Gasteiger charge is -2.13. The van der Waals surface area contributed by atoms with Crippen molar-refractivity contribution in [3.63, 3.8) is 0 Å². The van der Waals surface area contributed by atoms with Gasteiger partial charge in [-0.25, -0.2) is 9.97 Å². The van der Waals surface area contributed by atoms with Crippen LogP contribution in [0, 0.1) is 13.8 Å². The second kappa shape index (κ2) is 8.85. The molecule has 1 amide bonds. The van der Waals surface area contributed by atoms with Crippen LogP contribution in [-0.4, -0.2) is 30.8 Å². The molecule has 0 unspecified atom stereocenters. The maximum absolute atomic E-state index is 13.1. The Morgan fingerprint density at radius 2 is 1.88 bits per heavy atom. The topological polar surface area (TPSA) is 108 Å². The summed E-state index contributed by atoms with van der Waals surface area (Å²) in [5, 5.41) is 11.5. The Morgan fingerprint density at radius 3 is 2.55 bits per heavy atom. The number of benzene rings is 1. The Hall–Kier alpha value is -4.01. The predicted octanol–water partition coefficient (Wildman–Crippen LogP) is 4.40. The first-order valence-electron chi connectivity index (χ1n) is 10.6. The molecule has 0 aliphatic heterocycles. The van der Waals surface area contributed by atoms with Crippen LogP contribution in [0.25, 0.3) is 5.95 Å². The second-order valence-corrected chi connectivity index (χ2v) is 8.70. The summed E-state index contributed by atoms with van der Waals surface area (Å²) in [6.07, 6.45) is 3.26. The number of hydrogen-bond donors (Lipinski definition) is 1. The van der Waals surface area contributed by atoms with E-state index in [1.807, 2.05) is 19.9 Å².